The van der Waals surface area contributed by atoms with Gasteiger partial charge >= 0.3 is 0 Å². The second-order valence-corrected chi connectivity index (χ2v) is 2.06. The van der Waals surface area contributed by atoms with E-state index in [0.717, 1.165) is 11.3 Å². The molecule has 0 atom stereocenters. The molecule has 1 rings (SSSR count). The lowest BCUT2D eigenvalue weighted by Gasteiger charge is -1.97. The van der Waals surface area contributed by atoms with Crippen molar-refractivity contribution in [3.05, 3.63) is 29.6 Å². The summed E-state index contributed by atoms with van der Waals surface area (Å²) >= 11 is 0. The van der Waals surface area contributed by atoms with Gasteiger partial charge in [0.05, 0.1) is 5.69 Å². The highest BCUT2D eigenvalue weighted by Crippen LogP contribution is 1.98. The van der Waals surface area contributed by atoms with Gasteiger partial charge in [-0.15, -0.1) is 37.2 Å². The van der Waals surface area contributed by atoms with Crippen LogP contribution in [0.2, 0.25) is 0 Å². The van der Waals surface area contributed by atoms with E-state index in [2.05, 4.69) is 4.98 Å². The van der Waals surface area contributed by atoms with Crippen molar-refractivity contribution in [3.63, 3.8) is 0 Å². The molecule has 0 fully saturated rings. The first kappa shape index (κ1) is 18.7. The average molecular weight is 247 g/mol. The van der Waals surface area contributed by atoms with Crippen LogP contribution >= 0.6 is 37.2 Å². The topological polar surface area (TPSA) is 64.9 Å². The number of rotatable bonds is 2. The van der Waals surface area contributed by atoms with Crippen molar-refractivity contribution in [2.75, 3.05) is 0 Å². The van der Waals surface area contributed by atoms with E-state index in [1.807, 2.05) is 12.1 Å². The zero-order chi connectivity index (χ0) is 7.40. The third kappa shape index (κ3) is 6.07. The van der Waals surface area contributed by atoms with Crippen molar-refractivity contribution in [2.24, 2.45) is 11.5 Å². The highest BCUT2D eigenvalue weighted by molar-refractivity contribution is 5.86. The first-order valence-corrected chi connectivity index (χ1v) is 3.20. The molecular weight excluding hydrogens is 232 g/mol. The van der Waals surface area contributed by atoms with Crippen LogP contribution in [0.3, 0.4) is 0 Å². The summed E-state index contributed by atoms with van der Waals surface area (Å²) in [7, 11) is 0. The monoisotopic (exact) mass is 245 g/mol. The minimum Gasteiger partial charge on any atom is -0.326 e. The van der Waals surface area contributed by atoms with Gasteiger partial charge in [-0.2, -0.15) is 0 Å². The van der Waals surface area contributed by atoms with Gasteiger partial charge in [0, 0.05) is 19.3 Å². The summed E-state index contributed by atoms with van der Waals surface area (Å²) in [6.07, 6.45) is 1.73. The summed E-state index contributed by atoms with van der Waals surface area (Å²) in [5.74, 6) is 0. The number of nitrogens with zero attached hydrogens (tertiary/aromatic N) is 1. The van der Waals surface area contributed by atoms with Gasteiger partial charge in [0.2, 0.25) is 0 Å². The molecule has 0 unspecified atom stereocenters. The predicted octanol–water partition coefficient (Wildman–Crippen LogP) is 1.26. The van der Waals surface area contributed by atoms with Gasteiger partial charge in [-0.3, -0.25) is 4.98 Å². The summed E-state index contributed by atoms with van der Waals surface area (Å²) in [4.78, 5) is 4.03. The standard InChI is InChI=1S/C7H11N3.3ClH/c8-4-6-1-2-10-7(3-6)5-9;;;/h1-3H,4-5,8-9H2;3*1H. The molecule has 1 heterocycles. The van der Waals surface area contributed by atoms with Crippen LogP contribution in [0.1, 0.15) is 11.3 Å². The van der Waals surface area contributed by atoms with Crippen molar-refractivity contribution in [1.29, 1.82) is 0 Å². The highest BCUT2D eigenvalue weighted by Gasteiger charge is 1.91. The molecule has 0 radical (unpaired) electrons. The maximum Gasteiger partial charge on any atom is 0.0542 e. The Morgan fingerprint density at radius 2 is 1.69 bits per heavy atom. The van der Waals surface area contributed by atoms with E-state index in [1.165, 1.54) is 0 Å². The lowest BCUT2D eigenvalue weighted by Crippen LogP contribution is -2.02. The third-order valence-corrected chi connectivity index (χ3v) is 1.33. The Labute approximate surface area is 96.5 Å². The predicted molar refractivity (Wildman–Crippen MR) is 61.8 cm³/mol. The fourth-order valence-electron chi connectivity index (χ4n) is 0.767. The Hall–Kier alpha value is -0.0600. The van der Waals surface area contributed by atoms with Crippen LogP contribution in [0.25, 0.3) is 0 Å². The van der Waals surface area contributed by atoms with E-state index in [0.29, 0.717) is 13.1 Å². The molecule has 78 valence electrons. The van der Waals surface area contributed by atoms with Crippen LogP contribution in [0.4, 0.5) is 0 Å². The van der Waals surface area contributed by atoms with Crippen molar-refractivity contribution < 1.29 is 0 Å². The summed E-state index contributed by atoms with van der Waals surface area (Å²) < 4.78 is 0. The smallest absolute Gasteiger partial charge is 0.0542 e. The summed E-state index contributed by atoms with van der Waals surface area (Å²) in [6.45, 7) is 1.03. The van der Waals surface area contributed by atoms with Gasteiger partial charge in [0.25, 0.3) is 0 Å². The molecule has 0 aliphatic rings. The van der Waals surface area contributed by atoms with Crippen LogP contribution in [0.15, 0.2) is 18.3 Å². The Kier molecular flexibility index (Phi) is 14.4. The SMILES string of the molecule is Cl.Cl.Cl.NCc1ccnc(CN)c1. The lowest BCUT2D eigenvalue weighted by molar-refractivity contribution is 0.963. The zero-order valence-electron chi connectivity index (χ0n) is 6.97. The molecule has 1 aromatic rings. The number of nitrogens with two attached hydrogens (primary N) is 2. The molecule has 13 heavy (non-hydrogen) atoms. The van der Waals surface area contributed by atoms with Crippen molar-refractivity contribution in [1.82, 2.24) is 4.98 Å². The van der Waals surface area contributed by atoms with Gasteiger partial charge in [-0.25, -0.2) is 0 Å². The minimum absolute atomic E-state index is 0. The normalized spacial score (nSPS) is 7.54. The molecule has 4 N–H and O–H groups in total. The molecule has 0 aliphatic carbocycles. The molecule has 0 bridgehead atoms. The maximum atomic E-state index is 5.40. The van der Waals surface area contributed by atoms with E-state index in [9.17, 15) is 0 Å². The van der Waals surface area contributed by atoms with Crippen molar-refractivity contribution >= 4 is 37.2 Å². The largest absolute Gasteiger partial charge is 0.326 e. The first-order chi connectivity index (χ1) is 4.86. The Balaban J connectivity index is -0.000000333. The van der Waals surface area contributed by atoms with E-state index >= 15 is 0 Å². The van der Waals surface area contributed by atoms with Crippen molar-refractivity contribution in [3.8, 4) is 0 Å². The Morgan fingerprint density at radius 1 is 1.08 bits per heavy atom. The highest BCUT2D eigenvalue weighted by atomic mass is 35.5. The van der Waals surface area contributed by atoms with E-state index in [-0.39, 0.29) is 37.2 Å². The molecule has 0 spiro atoms. The fourth-order valence-corrected chi connectivity index (χ4v) is 0.767. The van der Waals surface area contributed by atoms with Gasteiger partial charge < -0.3 is 11.5 Å². The molecular formula is C7H14Cl3N3. The Morgan fingerprint density at radius 3 is 2.15 bits per heavy atom. The van der Waals surface area contributed by atoms with Gasteiger partial charge in [0.1, 0.15) is 0 Å². The van der Waals surface area contributed by atoms with E-state index in [1.54, 1.807) is 6.20 Å². The molecule has 0 amide bonds. The average Bonchev–Trinajstić information content (AvgIpc) is 2.05. The van der Waals surface area contributed by atoms with Gasteiger partial charge in [0.15, 0.2) is 0 Å². The molecule has 6 heteroatoms. The zero-order valence-corrected chi connectivity index (χ0v) is 9.42. The molecule has 0 saturated carbocycles. The summed E-state index contributed by atoms with van der Waals surface area (Å²) in [5.41, 5.74) is 12.7. The van der Waals surface area contributed by atoms with E-state index in [4.69, 9.17) is 11.5 Å². The molecule has 1 aromatic heterocycles. The molecule has 0 aliphatic heterocycles. The van der Waals surface area contributed by atoms with Crippen LogP contribution in [0.5, 0.6) is 0 Å². The summed E-state index contributed by atoms with van der Waals surface area (Å²) in [6, 6.07) is 3.80. The van der Waals surface area contributed by atoms with Gasteiger partial charge in [-0.05, 0) is 17.7 Å². The fraction of sp³-hybridized carbons (Fsp3) is 0.286. The van der Waals surface area contributed by atoms with E-state index < -0.39 is 0 Å². The maximum absolute atomic E-state index is 5.40. The number of aromatic nitrogens is 1. The number of hydrogen-bond acceptors (Lipinski definition) is 3. The Bertz CT molecular complexity index is 201. The summed E-state index contributed by atoms with van der Waals surface area (Å²) in [5, 5.41) is 0. The quantitative estimate of drug-likeness (QED) is 0.826. The molecule has 0 saturated heterocycles. The third-order valence-electron chi connectivity index (χ3n) is 1.33. The number of halogens is 3. The first-order valence-electron chi connectivity index (χ1n) is 3.20. The number of pyridine rings is 1. The van der Waals surface area contributed by atoms with Crippen LogP contribution in [0, 0.1) is 0 Å². The van der Waals surface area contributed by atoms with Crippen molar-refractivity contribution in [2.45, 2.75) is 13.1 Å². The van der Waals surface area contributed by atoms with Crippen LogP contribution in [-0.4, -0.2) is 4.98 Å². The van der Waals surface area contributed by atoms with Crippen LogP contribution in [-0.2, 0) is 13.1 Å². The molecule has 3 nitrogen and oxygen atoms in total. The second-order valence-electron chi connectivity index (χ2n) is 2.06. The lowest BCUT2D eigenvalue weighted by atomic mass is 10.2. The van der Waals surface area contributed by atoms with Gasteiger partial charge in [-0.1, -0.05) is 0 Å². The second kappa shape index (κ2) is 10.0. The number of hydrogen-bond donors (Lipinski definition) is 2. The van der Waals surface area contributed by atoms with Crippen LogP contribution < -0.4 is 11.5 Å². The minimum atomic E-state index is 0. The molecule has 0 aromatic carbocycles.